The monoisotopic (exact) mass is 269 g/mol. The summed E-state index contributed by atoms with van der Waals surface area (Å²) in [7, 11) is 0. The van der Waals surface area contributed by atoms with Crippen LogP contribution in [0.3, 0.4) is 0 Å². The molecule has 1 saturated carbocycles. The molecule has 4 heteroatoms. The second kappa shape index (κ2) is 4.97. The lowest BCUT2D eigenvalue weighted by Crippen LogP contribution is -2.15. The number of nitrogens with zero attached hydrogens (tertiary/aromatic N) is 1. The molecule has 0 saturated heterocycles. The molecule has 1 aliphatic rings. The minimum Gasteiger partial charge on any atom is -0.389 e. The predicted octanol–water partition coefficient (Wildman–Crippen LogP) is 2.68. The van der Waals surface area contributed by atoms with Crippen molar-refractivity contribution in [2.75, 3.05) is 5.32 Å². The maximum absolute atomic E-state index is 5.71. The number of rotatable bonds is 4. The van der Waals surface area contributed by atoms with Gasteiger partial charge in [0, 0.05) is 18.2 Å². The molecule has 0 radical (unpaired) electrons. The average Bonchev–Trinajstić information content (AvgIpc) is 3.19. The maximum atomic E-state index is 5.71. The third-order valence-corrected chi connectivity index (χ3v) is 3.63. The molecule has 96 valence electrons. The van der Waals surface area contributed by atoms with E-state index in [-0.39, 0.29) is 0 Å². The molecule has 0 spiro atoms. The summed E-state index contributed by atoms with van der Waals surface area (Å²) in [4.78, 5) is 4.71. The molecule has 0 bridgehead atoms. The summed E-state index contributed by atoms with van der Waals surface area (Å²) in [5.74, 6) is 1.35. The highest BCUT2D eigenvalue weighted by molar-refractivity contribution is 7.80. The average molecular weight is 269 g/mol. The minimum absolute atomic E-state index is 0.382. The molecule has 19 heavy (non-hydrogen) atoms. The van der Waals surface area contributed by atoms with E-state index in [1.54, 1.807) is 6.20 Å². The number of aromatic nitrogens is 1. The Hall–Kier alpha value is -1.94. The van der Waals surface area contributed by atoms with Crippen LogP contribution in [0.4, 0.5) is 5.82 Å². The van der Waals surface area contributed by atoms with Gasteiger partial charge >= 0.3 is 0 Å². The van der Waals surface area contributed by atoms with E-state index >= 15 is 0 Å². The Balaban J connectivity index is 1.73. The van der Waals surface area contributed by atoms with Gasteiger partial charge in [0.25, 0.3) is 0 Å². The Kier molecular flexibility index (Phi) is 3.17. The molecule has 0 amide bonds. The molecule has 1 aliphatic carbocycles. The first-order chi connectivity index (χ1) is 9.25. The number of hydrogen-bond acceptors (Lipinski definition) is 3. The number of benzene rings is 1. The molecule has 1 aromatic carbocycles. The van der Waals surface area contributed by atoms with Crippen LogP contribution < -0.4 is 11.1 Å². The van der Waals surface area contributed by atoms with Gasteiger partial charge in [-0.1, -0.05) is 42.5 Å². The van der Waals surface area contributed by atoms with Gasteiger partial charge in [0.2, 0.25) is 0 Å². The van der Waals surface area contributed by atoms with Crippen LogP contribution in [0.2, 0.25) is 0 Å². The van der Waals surface area contributed by atoms with Crippen LogP contribution in [-0.2, 0) is 0 Å². The fraction of sp³-hybridized carbons (Fsp3) is 0.200. The molecule has 2 unspecified atom stereocenters. The van der Waals surface area contributed by atoms with Crippen molar-refractivity contribution in [3.63, 3.8) is 0 Å². The largest absolute Gasteiger partial charge is 0.389 e. The number of nitrogens with one attached hydrogen (secondary N) is 1. The summed E-state index contributed by atoms with van der Waals surface area (Å²) >= 11 is 5.04. The minimum atomic E-state index is 0.382. The lowest BCUT2D eigenvalue weighted by molar-refractivity contribution is 1.03. The highest BCUT2D eigenvalue weighted by Gasteiger charge is 2.38. The number of hydrogen-bond donors (Lipinski definition) is 2. The lowest BCUT2D eigenvalue weighted by Gasteiger charge is -2.09. The van der Waals surface area contributed by atoms with Gasteiger partial charge in [-0.25, -0.2) is 4.98 Å². The smallest absolute Gasteiger partial charge is 0.136 e. The molecule has 3 nitrogen and oxygen atoms in total. The summed E-state index contributed by atoms with van der Waals surface area (Å²) in [5.41, 5.74) is 7.89. The van der Waals surface area contributed by atoms with Gasteiger partial charge in [0.05, 0.1) is 5.56 Å². The highest BCUT2D eigenvalue weighted by Crippen LogP contribution is 2.42. The normalized spacial score (nSPS) is 20.8. The first-order valence-corrected chi connectivity index (χ1v) is 6.73. The van der Waals surface area contributed by atoms with E-state index in [0.29, 0.717) is 16.9 Å². The van der Waals surface area contributed by atoms with Crippen LogP contribution in [0.1, 0.15) is 23.5 Å². The van der Waals surface area contributed by atoms with E-state index in [1.807, 2.05) is 18.2 Å². The summed E-state index contributed by atoms with van der Waals surface area (Å²) in [6, 6.07) is 14.7. The molecule has 3 rings (SSSR count). The molecule has 1 heterocycles. The summed E-state index contributed by atoms with van der Waals surface area (Å²) in [6.45, 7) is 0. The summed E-state index contributed by atoms with van der Waals surface area (Å²) < 4.78 is 0. The Bertz CT molecular complexity index is 597. The third kappa shape index (κ3) is 2.58. The van der Waals surface area contributed by atoms with Crippen molar-refractivity contribution >= 4 is 23.0 Å². The molecular formula is C15H15N3S. The fourth-order valence-electron chi connectivity index (χ4n) is 2.32. The Morgan fingerprint density at radius 3 is 2.74 bits per heavy atom. The SMILES string of the molecule is NC(=S)c1cccnc1NC1CC1c1ccccc1. The zero-order valence-electron chi connectivity index (χ0n) is 10.4. The summed E-state index contributed by atoms with van der Waals surface area (Å²) in [6.07, 6.45) is 2.88. The van der Waals surface area contributed by atoms with Crippen molar-refractivity contribution in [2.24, 2.45) is 5.73 Å². The Morgan fingerprint density at radius 2 is 2.00 bits per heavy atom. The van der Waals surface area contributed by atoms with Gasteiger partial charge in [-0.15, -0.1) is 0 Å². The zero-order valence-corrected chi connectivity index (χ0v) is 11.2. The van der Waals surface area contributed by atoms with E-state index in [2.05, 4.69) is 34.6 Å². The highest BCUT2D eigenvalue weighted by atomic mass is 32.1. The quantitative estimate of drug-likeness (QED) is 0.838. The van der Waals surface area contributed by atoms with E-state index < -0.39 is 0 Å². The molecule has 2 aromatic rings. The number of pyridine rings is 1. The number of nitrogens with two attached hydrogens (primary N) is 1. The standard InChI is InChI=1S/C15H15N3S/c16-14(19)11-7-4-8-17-15(11)18-13-9-12(13)10-5-2-1-3-6-10/h1-8,12-13H,9H2,(H2,16,19)(H,17,18). The van der Waals surface area contributed by atoms with Crippen LogP contribution >= 0.6 is 12.2 Å². The second-order valence-electron chi connectivity index (χ2n) is 4.77. The summed E-state index contributed by atoms with van der Waals surface area (Å²) in [5, 5.41) is 3.44. The second-order valence-corrected chi connectivity index (χ2v) is 5.21. The lowest BCUT2D eigenvalue weighted by atomic mass is 10.1. The maximum Gasteiger partial charge on any atom is 0.136 e. The van der Waals surface area contributed by atoms with E-state index in [4.69, 9.17) is 18.0 Å². The van der Waals surface area contributed by atoms with Crippen molar-refractivity contribution in [2.45, 2.75) is 18.4 Å². The predicted molar refractivity (Wildman–Crippen MR) is 81.3 cm³/mol. The molecule has 2 atom stereocenters. The fourth-order valence-corrected chi connectivity index (χ4v) is 2.48. The Morgan fingerprint density at radius 1 is 1.21 bits per heavy atom. The van der Waals surface area contributed by atoms with Crippen LogP contribution in [0.25, 0.3) is 0 Å². The van der Waals surface area contributed by atoms with Gasteiger partial charge in [-0.3, -0.25) is 0 Å². The molecular weight excluding hydrogens is 254 g/mol. The first-order valence-electron chi connectivity index (χ1n) is 6.32. The van der Waals surface area contributed by atoms with Gasteiger partial charge in [0.15, 0.2) is 0 Å². The Labute approximate surface area is 117 Å². The van der Waals surface area contributed by atoms with Gasteiger partial charge in [-0.05, 0) is 24.1 Å². The molecule has 0 aliphatic heterocycles. The van der Waals surface area contributed by atoms with Crippen molar-refractivity contribution in [3.05, 3.63) is 59.8 Å². The van der Waals surface area contributed by atoms with Gasteiger partial charge in [-0.2, -0.15) is 0 Å². The molecule has 3 N–H and O–H groups in total. The topological polar surface area (TPSA) is 50.9 Å². The van der Waals surface area contributed by atoms with E-state index in [1.165, 1.54) is 5.56 Å². The van der Waals surface area contributed by atoms with Gasteiger partial charge in [0.1, 0.15) is 10.8 Å². The molecule has 1 fully saturated rings. The number of anilines is 1. The number of thiocarbonyl (C=S) groups is 1. The van der Waals surface area contributed by atoms with E-state index in [9.17, 15) is 0 Å². The van der Waals surface area contributed by atoms with Crippen molar-refractivity contribution in [1.82, 2.24) is 4.98 Å². The molecule has 1 aromatic heterocycles. The zero-order chi connectivity index (χ0) is 13.2. The van der Waals surface area contributed by atoms with Crippen LogP contribution in [0, 0.1) is 0 Å². The van der Waals surface area contributed by atoms with Crippen molar-refractivity contribution in [1.29, 1.82) is 0 Å². The van der Waals surface area contributed by atoms with Gasteiger partial charge < -0.3 is 11.1 Å². The van der Waals surface area contributed by atoms with E-state index in [0.717, 1.165) is 17.8 Å². The van der Waals surface area contributed by atoms with Crippen LogP contribution in [-0.4, -0.2) is 16.0 Å². The third-order valence-electron chi connectivity index (χ3n) is 3.41. The van der Waals surface area contributed by atoms with Crippen molar-refractivity contribution < 1.29 is 0 Å². The van der Waals surface area contributed by atoms with Crippen LogP contribution in [0.15, 0.2) is 48.7 Å². The van der Waals surface area contributed by atoms with Crippen molar-refractivity contribution in [3.8, 4) is 0 Å². The first kappa shape index (κ1) is 12.1. The van der Waals surface area contributed by atoms with Crippen LogP contribution in [0.5, 0.6) is 0 Å².